The Balaban J connectivity index is 2.64. The average Bonchev–Trinajstić information content (AvgIpc) is 2.29. The van der Waals surface area contributed by atoms with E-state index >= 15 is 0 Å². The predicted octanol–water partition coefficient (Wildman–Crippen LogP) is 1.32. The molecule has 5 nitrogen and oxygen atoms in total. The van der Waals surface area contributed by atoms with Crippen molar-refractivity contribution >= 4 is 33.5 Å². The molecular formula is C11H13BrN2O3. The third-order valence-electron chi connectivity index (χ3n) is 1.92. The molecule has 0 unspecified atom stereocenters. The van der Waals surface area contributed by atoms with E-state index in [1.165, 1.54) is 6.07 Å². The first kappa shape index (κ1) is 13.5. The molecule has 0 bridgehead atoms. The van der Waals surface area contributed by atoms with Crippen LogP contribution in [0.5, 0.6) is 0 Å². The first-order chi connectivity index (χ1) is 8.04. The smallest absolute Gasteiger partial charge is 0.339 e. The third kappa shape index (κ3) is 4.07. The van der Waals surface area contributed by atoms with Crippen LogP contribution in [0.4, 0.5) is 5.69 Å². The fourth-order valence-corrected chi connectivity index (χ4v) is 1.56. The van der Waals surface area contributed by atoms with Crippen LogP contribution in [-0.2, 0) is 9.53 Å². The second-order valence-electron chi connectivity index (χ2n) is 3.27. The van der Waals surface area contributed by atoms with Crippen LogP contribution in [0.3, 0.4) is 0 Å². The van der Waals surface area contributed by atoms with E-state index in [1.54, 1.807) is 19.1 Å². The number of likely N-dealkylation sites (N-methyl/N-ethyl adjacent to an activating group) is 1. The van der Waals surface area contributed by atoms with Crippen molar-refractivity contribution in [1.29, 1.82) is 0 Å². The Bertz CT molecular complexity index is 435. The number of benzene rings is 1. The first-order valence-corrected chi connectivity index (χ1v) is 5.82. The topological polar surface area (TPSA) is 81.4 Å². The van der Waals surface area contributed by atoms with Gasteiger partial charge in [-0.3, -0.25) is 4.79 Å². The van der Waals surface area contributed by atoms with E-state index in [1.807, 2.05) is 0 Å². The van der Waals surface area contributed by atoms with Crippen molar-refractivity contribution in [2.45, 2.75) is 6.92 Å². The van der Waals surface area contributed by atoms with Crippen LogP contribution in [0.1, 0.15) is 17.3 Å². The van der Waals surface area contributed by atoms with Gasteiger partial charge in [0.1, 0.15) is 0 Å². The maximum absolute atomic E-state index is 11.6. The first-order valence-electron chi connectivity index (χ1n) is 5.03. The van der Waals surface area contributed by atoms with Crippen molar-refractivity contribution in [3.8, 4) is 0 Å². The molecule has 1 aromatic rings. The number of esters is 1. The Morgan fingerprint density at radius 3 is 2.82 bits per heavy atom. The third-order valence-corrected chi connectivity index (χ3v) is 2.61. The zero-order chi connectivity index (χ0) is 12.8. The normalized spacial score (nSPS) is 9.76. The summed E-state index contributed by atoms with van der Waals surface area (Å²) in [6.07, 6.45) is 0. The van der Waals surface area contributed by atoms with Gasteiger partial charge in [0.25, 0.3) is 5.91 Å². The summed E-state index contributed by atoms with van der Waals surface area (Å²) < 4.78 is 5.42. The van der Waals surface area contributed by atoms with Gasteiger partial charge in [-0.25, -0.2) is 4.79 Å². The van der Waals surface area contributed by atoms with Gasteiger partial charge in [0.2, 0.25) is 0 Å². The highest BCUT2D eigenvalue weighted by atomic mass is 79.9. The van der Waals surface area contributed by atoms with Gasteiger partial charge < -0.3 is 15.8 Å². The van der Waals surface area contributed by atoms with E-state index in [9.17, 15) is 9.59 Å². The lowest BCUT2D eigenvalue weighted by Crippen LogP contribution is -2.28. The summed E-state index contributed by atoms with van der Waals surface area (Å²) in [5.41, 5.74) is 6.32. The second kappa shape index (κ2) is 6.24. The fraction of sp³-hybridized carbons (Fsp3) is 0.273. The van der Waals surface area contributed by atoms with Crippen molar-refractivity contribution in [2.75, 3.05) is 18.9 Å². The van der Waals surface area contributed by atoms with Crippen LogP contribution in [0, 0.1) is 0 Å². The Morgan fingerprint density at radius 2 is 2.18 bits per heavy atom. The maximum atomic E-state index is 11.6. The second-order valence-corrected chi connectivity index (χ2v) is 4.12. The van der Waals surface area contributed by atoms with Crippen LogP contribution in [0.25, 0.3) is 0 Å². The molecule has 17 heavy (non-hydrogen) atoms. The molecule has 6 heteroatoms. The molecular weight excluding hydrogens is 288 g/mol. The van der Waals surface area contributed by atoms with E-state index in [-0.39, 0.29) is 12.5 Å². The summed E-state index contributed by atoms with van der Waals surface area (Å²) in [5, 5.41) is 2.53. The molecule has 0 atom stereocenters. The SMILES string of the molecule is CCNC(=O)COC(=O)c1cc(N)ccc1Br. The molecule has 0 heterocycles. The number of nitrogens with one attached hydrogen (secondary N) is 1. The largest absolute Gasteiger partial charge is 0.452 e. The zero-order valence-electron chi connectivity index (χ0n) is 9.33. The van der Waals surface area contributed by atoms with E-state index < -0.39 is 5.97 Å². The minimum Gasteiger partial charge on any atom is -0.452 e. The van der Waals surface area contributed by atoms with Gasteiger partial charge in [-0.05, 0) is 41.1 Å². The van der Waals surface area contributed by atoms with Crippen molar-refractivity contribution in [2.24, 2.45) is 0 Å². The number of hydrogen-bond acceptors (Lipinski definition) is 4. The molecule has 0 aliphatic rings. The molecule has 0 aliphatic heterocycles. The molecule has 0 aliphatic carbocycles. The van der Waals surface area contributed by atoms with Crippen molar-refractivity contribution in [3.63, 3.8) is 0 Å². The van der Waals surface area contributed by atoms with Crippen LogP contribution < -0.4 is 11.1 Å². The number of carbonyl (C=O) groups is 2. The quantitative estimate of drug-likeness (QED) is 0.649. The number of rotatable bonds is 4. The minimum absolute atomic E-state index is 0.298. The standard InChI is InChI=1S/C11H13BrN2O3/c1-2-14-10(15)6-17-11(16)8-5-7(13)3-4-9(8)12/h3-5H,2,6,13H2,1H3,(H,14,15). The van der Waals surface area contributed by atoms with Crippen molar-refractivity contribution in [3.05, 3.63) is 28.2 Å². The lowest BCUT2D eigenvalue weighted by Gasteiger charge is -2.07. The molecule has 0 spiro atoms. The van der Waals surface area contributed by atoms with Gasteiger partial charge in [-0.1, -0.05) is 0 Å². The van der Waals surface area contributed by atoms with Gasteiger partial charge in [0.15, 0.2) is 6.61 Å². The van der Waals surface area contributed by atoms with Crippen molar-refractivity contribution < 1.29 is 14.3 Å². The van der Waals surface area contributed by atoms with E-state index in [2.05, 4.69) is 21.2 Å². The lowest BCUT2D eigenvalue weighted by atomic mass is 10.2. The summed E-state index contributed by atoms with van der Waals surface area (Å²) in [5.74, 6) is -0.920. The Hall–Kier alpha value is -1.56. The zero-order valence-corrected chi connectivity index (χ0v) is 10.9. The number of nitrogens with two attached hydrogens (primary N) is 1. The Labute approximate surface area is 107 Å². The van der Waals surface area contributed by atoms with Crippen LogP contribution in [0.15, 0.2) is 22.7 Å². The van der Waals surface area contributed by atoms with Gasteiger partial charge in [0.05, 0.1) is 5.56 Å². The summed E-state index contributed by atoms with van der Waals surface area (Å²) in [7, 11) is 0. The molecule has 1 amide bonds. The van der Waals surface area contributed by atoms with E-state index in [0.29, 0.717) is 22.3 Å². The number of amides is 1. The van der Waals surface area contributed by atoms with Crippen LogP contribution in [-0.4, -0.2) is 25.0 Å². The molecule has 0 aromatic heterocycles. The number of halogens is 1. The van der Waals surface area contributed by atoms with E-state index in [4.69, 9.17) is 10.5 Å². The highest BCUT2D eigenvalue weighted by Crippen LogP contribution is 2.20. The molecule has 0 radical (unpaired) electrons. The summed E-state index contributed by atoms with van der Waals surface area (Å²) in [6, 6.07) is 4.80. The lowest BCUT2D eigenvalue weighted by molar-refractivity contribution is -0.124. The van der Waals surface area contributed by atoms with Gasteiger partial charge >= 0.3 is 5.97 Å². The molecule has 3 N–H and O–H groups in total. The molecule has 0 fully saturated rings. The monoisotopic (exact) mass is 300 g/mol. The number of ether oxygens (including phenoxy) is 1. The highest BCUT2D eigenvalue weighted by molar-refractivity contribution is 9.10. The summed E-state index contributed by atoms with van der Waals surface area (Å²) in [6.45, 7) is 1.99. The molecule has 92 valence electrons. The Kier molecular flexibility index (Phi) is 4.96. The molecule has 0 saturated carbocycles. The van der Waals surface area contributed by atoms with Crippen LogP contribution in [0.2, 0.25) is 0 Å². The molecule has 1 rings (SSSR count). The fourth-order valence-electron chi connectivity index (χ4n) is 1.16. The van der Waals surface area contributed by atoms with Gasteiger partial charge in [0, 0.05) is 16.7 Å². The van der Waals surface area contributed by atoms with Gasteiger partial charge in [-0.2, -0.15) is 0 Å². The maximum Gasteiger partial charge on any atom is 0.339 e. The van der Waals surface area contributed by atoms with Crippen molar-refractivity contribution in [1.82, 2.24) is 5.32 Å². The predicted molar refractivity (Wildman–Crippen MR) is 67.5 cm³/mol. The highest BCUT2D eigenvalue weighted by Gasteiger charge is 2.13. The minimum atomic E-state index is -0.588. The molecule has 1 aromatic carbocycles. The summed E-state index contributed by atoms with van der Waals surface area (Å²) in [4.78, 5) is 22.7. The van der Waals surface area contributed by atoms with E-state index in [0.717, 1.165) is 0 Å². The number of carbonyl (C=O) groups excluding carboxylic acids is 2. The number of hydrogen-bond donors (Lipinski definition) is 2. The van der Waals surface area contributed by atoms with Gasteiger partial charge in [-0.15, -0.1) is 0 Å². The van der Waals surface area contributed by atoms with Crippen LogP contribution >= 0.6 is 15.9 Å². The Morgan fingerprint density at radius 1 is 1.47 bits per heavy atom. The average molecular weight is 301 g/mol. The summed E-state index contributed by atoms with van der Waals surface area (Å²) >= 11 is 3.21. The molecule has 0 saturated heterocycles. The number of anilines is 1. The number of nitrogen functional groups attached to an aromatic ring is 1.